The third-order valence-corrected chi connectivity index (χ3v) is 5.24. The molecule has 0 spiro atoms. The van der Waals surface area contributed by atoms with E-state index in [4.69, 9.17) is 4.52 Å². The van der Waals surface area contributed by atoms with Crippen LogP contribution in [0, 0.1) is 6.92 Å². The Labute approximate surface area is 152 Å². The second-order valence-electron chi connectivity index (χ2n) is 7.00. The molecule has 4 rings (SSSR count). The fourth-order valence-electron chi connectivity index (χ4n) is 3.82. The van der Waals surface area contributed by atoms with Gasteiger partial charge < -0.3 is 4.52 Å². The predicted molar refractivity (Wildman–Crippen MR) is 93.2 cm³/mol. The zero-order valence-corrected chi connectivity index (χ0v) is 14.8. The van der Waals surface area contributed by atoms with Crippen molar-refractivity contribution in [3.63, 3.8) is 0 Å². The van der Waals surface area contributed by atoms with Gasteiger partial charge in [-0.1, -0.05) is 35.5 Å². The second kappa shape index (κ2) is 6.99. The van der Waals surface area contributed by atoms with Crippen LogP contribution in [0.2, 0.25) is 0 Å². The maximum atomic E-state index is 12.8. The lowest BCUT2D eigenvalue weighted by atomic mass is 10.1. The Morgan fingerprint density at radius 2 is 2.04 bits per heavy atom. The van der Waals surface area contributed by atoms with Gasteiger partial charge in [-0.15, -0.1) is 0 Å². The number of benzene rings is 1. The molecule has 2 aliphatic rings. The van der Waals surface area contributed by atoms with Gasteiger partial charge >= 0.3 is 0 Å². The van der Waals surface area contributed by atoms with Crippen molar-refractivity contribution in [1.29, 1.82) is 0 Å². The van der Waals surface area contributed by atoms with Gasteiger partial charge in [-0.2, -0.15) is 4.98 Å². The molecule has 0 bridgehead atoms. The van der Waals surface area contributed by atoms with E-state index in [0.717, 1.165) is 18.5 Å². The van der Waals surface area contributed by atoms with Crippen LogP contribution in [0.5, 0.6) is 0 Å². The molecule has 136 valence electrons. The number of hydrogen-bond acceptors (Lipinski definition) is 6. The first kappa shape index (κ1) is 16.9. The van der Waals surface area contributed by atoms with E-state index in [1.54, 1.807) is 6.92 Å². The molecule has 2 fully saturated rings. The highest BCUT2D eigenvalue weighted by Crippen LogP contribution is 2.30. The lowest BCUT2D eigenvalue weighted by Crippen LogP contribution is -2.41. The number of hydrogen-bond donors (Lipinski definition) is 0. The molecule has 2 saturated heterocycles. The standard InChI is InChI=1S/C19H22N4O3/c1-13-20-18(26-21-13)15-8-9-22(12-15)16-11-17(24)23(19(16)25)10-7-14-5-3-2-4-6-14/h2-6,15-16H,7-12H2,1H3. The second-order valence-corrected chi connectivity index (χ2v) is 7.00. The summed E-state index contributed by atoms with van der Waals surface area (Å²) in [7, 11) is 0. The van der Waals surface area contributed by atoms with Gasteiger partial charge in [0.05, 0.1) is 18.4 Å². The van der Waals surface area contributed by atoms with E-state index in [1.165, 1.54) is 4.90 Å². The summed E-state index contributed by atoms with van der Waals surface area (Å²) in [6, 6.07) is 9.57. The first-order valence-corrected chi connectivity index (χ1v) is 9.04. The molecule has 2 atom stereocenters. The number of nitrogens with zero attached hydrogens (tertiary/aromatic N) is 4. The van der Waals surface area contributed by atoms with Gasteiger partial charge in [0.25, 0.3) is 0 Å². The molecular formula is C19H22N4O3. The van der Waals surface area contributed by atoms with Crippen LogP contribution < -0.4 is 0 Å². The molecule has 7 nitrogen and oxygen atoms in total. The molecule has 7 heteroatoms. The predicted octanol–water partition coefficient (Wildman–Crippen LogP) is 1.54. The Bertz CT molecular complexity index is 804. The summed E-state index contributed by atoms with van der Waals surface area (Å²) in [5.41, 5.74) is 1.13. The van der Waals surface area contributed by atoms with Gasteiger partial charge in [0.2, 0.25) is 17.7 Å². The Morgan fingerprint density at radius 1 is 1.23 bits per heavy atom. The summed E-state index contributed by atoms with van der Waals surface area (Å²) in [5.74, 6) is 1.24. The normalized spacial score (nSPS) is 24.0. The Morgan fingerprint density at radius 3 is 2.77 bits per heavy atom. The molecule has 0 saturated carbocycles. The quantitative estimate of drug-likeness (QED) is 0.758. The zero-order chi connectivity index (χ0) is 18.1. The molecule has 2 amide bonds. The number of amides is 2. The van der Waals surface area contributed by atoms with Crippen LogP contribution in [0.1, 0.15) is 36.0 Å². The maximum Gasteiger partial charge on any atom is 0.247 e. The minimum atomic E-state index is -0.354. The number of imide groups is 1. The maximum absolute atomic E-state index is 12.8. The van der Waals surface area contributed by atoms with Gasteiger partial charge in [-0.3, -0.25) is 19.4 Å². The summed E-state index contributed by atoms with van der Waals surface area (Å²) in [5, 5.41) is 3.84. The zero-order valence-electron chi connectivity index (χ0n) is 14.8. The molecule has 0 aliphatic carbocycles. The molecule has 0 N–H and O–H groups in total. The molecule has 2 unspecified atom stereocenters. The number of carbonyl (C=O) groups excluding carboxylic acids is 2. The first-order chi connectivity index (χ1) is 12.6. The molecule has 26 heavy (non-hydrogen) atoms. The molecule has 0 radical (unpaired) electrons. The van der Waals surface area contributed by atoms with Gasteiger partial charge in [0.1, 0.15) is 0 Å². The van der Waals surface area contributed by atoms with Crippen molar-refractivity contribution >= 4 is 11.8 Å². The van der Waals surface area contributed by atoms with Crippen molar-refractivity contribution < 1.29 is 14.1 Å². The fraction of sp³-hybridized carbons (Fsp3) is 0.474. The number of carbonyl (C=O) groups is 2. The van der Waals surface area contributed by atoms with Gasteiger partial charge in [-0.25, -0.2) is 0 Å². The minimum Gasteiger partial charge on any atom is -0.339 e. The van der Waals surface area contributed by atoms with E-state index in [-0.39, 0.29) is 30.2 Å². The third-order valence-electron chi connectivity index (χ3n) is 5.24. The van der Waals surface area contributed by atoms with E-state index in [0.29, 0.717) is 31.2 Å². The van der Waals surface area contributed by atoms with Crippen LogP contribution in [-0.2, 0) is 16.0 Å². The third kappa shape index (κ3) is 3.26. The number of likely N-dealkylation sites (tertiary alicyclic amines) is 2. The van der Waals surface area contributed by atoms with E-state index in [2.05, 4.69) is 15.0 Å². The smallest absolute Gasteiger partial charge is 0.247 e. The summed E-state index contributed by atoms with van der Waals surface area (Å²) < 4.78 is 5.27. The average molecular weight is 354 g/mol. The molecule has 3 heterocycles. The SMILES string of the molecule is Cc1noc(C2CCN(C3CC(=O)N(CCc4ccccc4)C3=O)C2)n1. The molecular weight excluding hydrogens is 332 g/mol. The van der Waals surface area contributed by atoms with Crippen molar-refractivity contribution in [2.75, 3.05) is 19.6 Å². The highest BCUT2D eigenvalue weighted by molar-refractivity contribution is 6.05. The monoisotopic (exact) mass is 354 g/mol. The van der Waals surface area contributed by atoms with E-state index >= 15 is 0 Å². The molecule has 2 aliphatic heterocycles. The first-order valence-electron chi connectivity index (χ1n) is 9.04. The minimum absolute atomic E-state index is 0.0757. The van der Waals surface area contributed by atoms with Crippen LogP contribution in [0.15, 0.2) is 34.9 Å². The number of aromatic nitrogens is 2. The Kier molecular flexibility index (Phi) is 4.55. The lowest BCUT2D eigenvalue weighted by molar-refractivity contribution is -0.139. The van der Waals surface area contributed by atoms with Gasteiger partial charge in [0.15, 0.2) is 5.82 Å². The number of rotatable bonds is 5. The topological polar surface area (TPSA) is 79.5 Å². The largest absolute Gasteiger partial charge is 0.339 e. The van der Waals surface area contributed by atoms with Crippen LogP contribution in [0.25, 0.3) is 0 Å². The van der Waals surface area contributed by atoms with Gasteiger partial charge in [0, 0.05) is 13.1 Å². The molecule has 1 aromatic carbocycles. The summed E-state index contributed by atoms with van der Waals surface area (Å²) in [4.78, 5) is 33.0. The Balaban J connectivity index is 1.38. The lowest BCUT2D eigenvalue weighted by Gasteiger charge is -2.22. The van der Waals surface area contributed by atoms with Gasteiger partial charge in [-0.05, 0) is 31.9 Å². The van der Waals surface area contributed by atoms with E-state index in [1.807, 2.05) is 30.3 Å². The van der Waals surface area contributed by atoms with E-state index < -0.39 is 0 Å². The van der Waals surface area contributed by atoms with Crippen molar-refractivity contribution in [3.8, 4) is 0 Å². The summed E-state index contributed by atoms with van der Waals surface area (Å²) in [6.07, 6.45) is 1.82. The summed E-state index contributed by atoms with van der Waals surface area (Å²) >= 11 is 0. The summed E-state index contributed by atoms with van der Waals surface area (Å²) in [6.45, 7) is 3.68. The highest BCUT2D eigenvalue weighted by atomic mass is 16.5. The molecule has 1 aromatic heterocycles. The Hall–Kier alpha value is -2.54. The highest BCUT2D eigenvalue weighted by Gasteiger charge is 2.44. The van der Waals surface area contributed by atoms with Crippen molar-refractivity contribution in [3.05, 3.63) is 47.6 Å². The van der Waals surface area contributed by atoms with Crippen molar-refractivity contribution in [2.24, 2.45) is 0 Å². The fourth-order valence-corrected chi connectivity index (χ4v) is 3.82. The number of aryl methyl sites for hydroxylation is 1. The van der Waals surface area contributed by atoms with Crippen LogP contribution in [0.4, 0.5) is 0 Å². The average Bonchev–Trinajstić information content (AvgIpc) is 3.34. The van der Waals surface area contributed by atoms with Crippen LogP contribution >= 0.6 is 0 Å². The van der Waals surface area contributed by atoms with Crippen LogP contribution in [-0.4, -0.2) is 57.4 Å². The van der Waals surface area contributed by atoms with Crippen LogP contribution in [0.3, 0.4) is 0 Å². The van der Waals surface area contributed by atoms with Crippen molar-refractivity contribution in [1.82, 2.24) is 19.9 Å². The van der Waals surface area contributed by atoms with E-state index in [9.17, 15) is 9.59 Å². The molecule has 2 aromatic rings. The van der Waals surface area contributed by atoms with Crippen molar-refractivity contribution in [2.45, 2.75) is 38.1 Å².